The van der Waals surface area contributed by atoms with Gasteiger partial charge in [-0.1, -0.05) is 0 Å². The summed E-state index contributed by atoms with van der Waals surface area (Å²) in [5, 5.41) is 42.6. The minimum atomic E-state index is -1.57. The van der Waals surface area contributed by atoms with Gasteiger partial charge in [0.25, 0.3) is 0 Å². The van der Waals surface area contributed by atoms with Gasteiger partial charge in [-0.15, -0.1) is 0 Å². The van der Waals surface area contributed by atoms with E-state index in [4.69, 9.17) is 21.7 Å². The van der Waals surface area contributed by atoms with Crippen LogP contribution in [0.1, 0.15) is 38.5 Å². The van der Waals surface area contributed by atoms with Gasteiger partial charge in [-0.2, -0.15) is 0 Å². The zero-order valence-electron chi connectivity index (χ0n) is 17.9. The van der Waals surface area contributed by atoms with E-state index in [1.165, 1.54) is 0 Å². The lowest BCUT2D eigenvalue weighted by atomic mass is 10.1. The van der Waals surface area contributed by atoms with Gasteiger partial charge in [0.15, 0.2) is 0 Å². The van der Waals surface area contributed by atoms with Crippen molar-refractivity contribution in [1.29, 1.82) is 0 Å². The Bertz CT molecular complexity index is 717. The molecular formula is C18H31N5O10. The molecule has 0 saturated heterocycles. The van der Waals surface area contributed by atoms with Gasteiger partial charge in [0, 0.05) is 6.42 Å². The molecule has 188 valence electrons. The summed E-state index contributed by atoms with van der Waals surface area (Å²) < 4.78 is 0. The maximum absolute atomic E-state index is 12.6. The fourth-order valence-corrected chi connectivity index (χ4v) is 2.59. The van der Waals surface area contributed by atoms with Crippen LogP contribution in [-0.2, 0) is 28.8 Å². The number of carbonyl (C=O) groups excluding carboxylic acids is 3. The van der Waals surface area contributed by atoms with Crippen LogP contribution in [0, 0.1) is 0 Å². The van der Waals surface area contributed by atoms with Crippen molar-refractivity contribution in [3.63, 3.8) is 0 Å². The molecule has 3 amide bonds. The fraction of sp³-hybridized carbons (Fsp3) is 0.667. The summed E-state index contributed by atoms with van der Waals surface area (Å²) in [6.07, 6.45) is -0.757. The number of carbonyl (C=O) groups is 6. The molecule has 33 heavy (non-hydrogen) atoms. The molecule has 0 spiro atoms. The summed E-state index contributed by atoms with van der Waals surface area (Å²) in [4.78, 5) is 69.7. The lowest BCUT2D eigenvalue weighted by molar-refractivity contribution is -0.143. The monoisotopic (exact) mass is 477 g/mol. The molecule has 0 aromatic rings. The smallest absolute Gasteiger partial charge is 0.326 e. The summed E-state index contributed by atoms with van der Waals surface area (Å²) in [5.74, 6) is -7.01. The van der Waals surface area contributed by atoms with Crippen molar-refractivity contribution < 1.29 is 49.2 Å². The van der Waals surface area contributed by atoms with Gasteiger partial charge >= 0.3 is 17.9 Å². The molecule has 0 saturated carbocycles. The first-order chi connectivity index (χ1) is 15.4. The summed E-state index contributed by atoms with van der Waals surface area (Å²) >= 11 is 0. The first-order valence-corrected chi connectivity index (χ1v) is 10.1. The molecule has 4 atom stereocenters. The summed E-state index contributed by atoms with van der Waals surface area (Å²) in [6, 6.07) is -5.86. The highest BCUT2D eigenvalue weighted by atomic mass is 16.4. The van der Waals surface area contributed by atoms with E-state index in [0.29, 0.717) is 12.8 Å². The number of unbranched alkanes of at least 4 members (excludes halogenated alkanes) is 1. The lowest BCUT2D eigenvalue weighted by Gasteiger charge is -2.24. The zero-order valence-corrected chi connectivity index (χ0v) is 17.9. The predicted octanol–water partition coefficient (Wildman–Crippen LogP) is -3.69. The van der Waals surface area contributed by atoms with Crippen LogP contribution in [0.3, 0.4) is 0 Å². The quantitative estimate of drug-likeness (QED) is 0.0916. The van der Waals surface area contributed by atoms with Gasteiger partial charge < -0.3 is 47.8 Å². The van der Waals surface area contributed by atoms with Gasteiger partial charge in [0.1, 0.15) is 18.1 Å². The number of amides is 3. The second kappa shape index (κ2) is 15.5. The van der Waals surface area contributed by atoms with Crippen molar-refractivity contribution >= 4 is 35.6 Å². The van der Waals surface area contributed by atoms with Crippen molar-refractivity contribution in [1.82, 2.24) is 16.0 Å². The molecule has 0 aliphatic rings. The van der Waals surface area contributed by atoms with E-state index in [2.05, 4.69) is 16.0 Å². The van der Waals surface area contributed by atoms with Crippen molar-refractivity contribution in [2.45, 2.75) is 62.7 Å². The number of hydrogen-bond donors (Lipinski definition) is 9. The van der Waals surface area contributed by atoms with Crippen LogP contribution in [0.25, 0.3) is 0 Å². The molecule has 0 bridgehead atoms. The van der Waals surface area contributed by atoms with E-state index in [9.17, 15) is 39.0 Å². The number of rotatable bonds is 17. The van der Waals surface area contributed by atoms with Gasteiger partial charge in [-0.25, -0.2) is 4.79 Å². The Labute approximate surface area is 188 Å². The van der Waals surface area contributed by atoms with Crippen LogP contribution in [-0.4, -0.2) is 93.4 Å². The Kier molecular flexibility index (Phi) is 13.9. The van der Waals surface area contributed by atoms with Crippen LogP contribution in [0.2, 0.25) is 0 Å². The first kappa shape index (κ1) is 29.7. The summed E-state index contributed by atoms with van der Waals surface area (Å²) in [6.45, 7) is -0.611. The highest BCUT2D eigenvalue weighted by Gasteiger charge is 2.30. The highest BCUT2D eigenvalue weighted by molar-refractivity contribution is 5.94. The minimum absolute atomic E-state index is 0.0324. The largest absolute Gasteiger partial charge is 0.481 e. The third-order valence-electron chi connectivity index (χ3n) is 4.39. The Morgan fingerprint density at radius 1 is 0.727 bits per heavy atom. The van der Waals surface area contributed by atoms with Crippen LogP contribution in [0.15, 0.2) is 0 Å². The Morgan fingerprint density at radius 3 is 1.76 bits per heavy atom. The maximum atomic E-state index is 12.6. The van der Waals surface area contributed by atoms with Crippen molar-refractivity contribution in [2.75, 3.05) is 13.2 Å². The molecule has 4 unspecified atom stereocenters. The van der Waals surface area contributed by atoms with Gasteiger partial charge in [-0.05, 0) is 32.2 Å². The lowest BCUT2D eigenvalue weighted by Crippen LogP contribution is -2.58. The average molecular weight is 477 g/mol. The van der Waals surface area contributed by atoms with Crippen LogP contribution in [0.4, 0.5) is 0 Å². The molecule has 0 radical (unpaired) electrons. The third kappa shape index (κ3) is 12.4. The molecular weight excluding hydrogens is 446 g/mol. The van der Waals surface area contributed by atoms with Gasteiger partial charge in [-0.3, -0.25) is 24.0 Å². The van der Waals surface area contributed by atoms with Crippen molar-refractivity contribution in [3.8, 4) is 0 Å². The van der Waals surface area contributed by atoms with E-state index >= 15 is 0 Å². The molecule has 0 aliphatic heterocycles. The van der Waals surface area contributed by atoms with Gasteiger partial charge in [0.05, 0.1) is 19.1 Å². The normalized spacial score (nSPS) is 14.3. The summed E-state index contributed by atoms with van der Waals surface area (Å²) in [7, 11) is 0. The number of aliphatic carboxylic acids is 3. The van der Waals surface area contributed by atoms with E-state index in [0.717, 1.165) is 0 Å². The van der Waals surface area contributed by atoms with Crippen LogP contribution >= 0.6 is 0 Å². The topological polar surface area (TPSA) is 271 Å². The molecule has 0 aromatic carbocycles. The molecule has 0 aromatic heterocycles. The molecule has 11 N–H and O–H groups in total. The van der Waals surface area contributed by atoms with Gasteiger partial charge in [0.2, 0.25) is 17.7 Å². The second-order valence-corrected chi connectivity index (χ2v) is 7.13. The summed E-state index contributed by atoms with van der Waals surface area (Å²) in [5.41, 5.74) is 10.8. The maximum Gasteiger partial charge on any atom is 0.326 e. The highest BCUT2D eigenvalue weighted by Crippen LogP contribution is 2.05. The number of aliphatic hydroxyl groups is 1. The second-order valence-electron chi connectivity index (χ2n) is 7.13. The first-order valence-electron chi connectivity index (χ1n) is 10.1. The third-order valence-corrected chi connectivity index (χ3v) is 4.39. The molecule has 15 heteroatoms. The van der Waals surface area contributed by atoms with Crippen LogP contribution in [0.5, 0.6) is 0 Å². The van der Waals surface area contributed by atoms with Crippen LogP contribution < -0.4 is 27.4 Å². The van der Waals surface area contributed by atoms with Crippen molar-refractivity contribution in [2.24, 2.45) is 11.5 Å². The Morgan fingerprint density at radius 2 is 1.27 bits per heavy atom. The number of carboxylic acid groups (broad SMARTS) is 3. The fourth-order valence-electron chi connectivity index (χ4n) is 2.59. The SMILES string of the molecule is NCCCCC(NC(=O)C(CO)NC(=O)C(N)CC(=O)O)C(=O)NC(CCC(=O)O)C(=O)O. The van der Waals surface area contributed by atoms with E-state index in [1.54, 1.807) is 0 Å². The Balaban J connectivity index is 5.30. The minimum Gasteiger partial charge on any atom is -0.481 e. The number of carboxylic acids is 3. The molecule has 0 heterocycles. The number of aliphatic hydroxyl groups excluding tert-OH is 1. The number of nitrogens with two attached hydrogens (primary N) is 2. The predicted molar refractivity (Wildman–Crippen MR) is 111 cm³/mol. The van der Waals surface area contributed by atoms with E-state index < -0.39 is 85.7 Å². The number of nitrogens with one attached hydrogen (secondary N) is 3. The average Bonchev–Trinajstić information content (AvgIpc) is 2.72. The zero-order chi connectivity index (χ0) is 25.6. The van der Waals surface area contributed by atoms with Crippen molar-refractivity contribution in [3.05, 3.63) is 0 Å². The molecule has 15 nitrogen and oxygen atoms in total. The van der Waals surface area contributed by atoms with E-state index in [-0.39, 0.29) is 13.0 Å². The van der Waals surface area contributed by atoms with E-state index in [1.807, 2.05) is 0 Å². The molecule has 0 aliphatic carbocycles. The molecule has 0 rings (SSSR count). The standard InChI is InChI=1S/C18H31N5O10/c19-6-2-1-3-10(16(30)22-11(18(32)33)4-5-13(25)26)21-17(31)12(8-24)23-15(29)9(20)7-14(27)28/h9-12,24H,1-8,19-20H2,(H,21,31)(H,22,30)(H,23,29)(H,25,26)(H,27,28)(H,32,33). The number of hydrogen-bond acceptors (Lipinski definition) is 9. The molecule has 0 fully saturated rings. The Hall–Kier alpha value is -3.30.